The van der Waals surface area contributed by atoms with Crippen LogP contribution < -0.4 is 0 Å². The smallest absolute Gasteiger partial charge is 0.0863 e. The lowest BCUT2D eigenvalue weighted by Crippen LogP contribution is -2.34. The van der Waals surface area contributed by atoms with Crippen molar-refractivity contribution in [2.75, 3.05) is 0 Å². The predicted octanol–water partition coefficient (Wildman–Crippen LogP) is 6.54. The van der Waals surface area contributed by atoms with Crippen molar-refractivity contribution in [3.8, 4) is 0 Å². The fourth-order valence-corrected chi connectivity index (χ4v) is 4.25. The average molecular weight is 336 g/mol. The maximum absolute atomic E-state index is 4.84. The van der Waals surface area contributed by atoms with Crippen molar-refractivity contribution in [1.82, 2.24) is 0 Å². The first kappa shape index (κ1) is 18.2. The van der Waals surface area contributed by atoms with Gasteiger partial charge in [0.05, 0.1) is 5.54 Å². The molecule has 0 saturated heterocycles. The molecule has 0 fully saturated rings. The van der Waals surface area contributed by atoms with E-state index in [0.29, 0.717) is 0 Å². The molecule has 2 aliphatic rings. The van der Waals surface area contributed by atoms with Crippen LogP contribution in [0.4, 0.5) is 0 Å². The maximum atomic E-state index is 4.84. The zero-order chi connectivity index (χ0) is 18.6. The predicted molar refractivity (Wildman–Crippen MR) is 111 cm³/mol. The molecule has 0 N–H and O–H groups in total. The highest BCUT2D eigenvalue weighted by Gasteiger charge is 2.38. The Morgan fingerprint density at radius 2 is 1.52 bits per heavy atom. The SMILES string of the molecule is C=C(c1cc2c(cc1C)C(C)(C)CCC2(C)C)C1(C)CC=C(C)C=N1. The van der Waals surface area contributed by atoms with Crippen LogP contribution in [0.25, 0.3) is 5.57 Å². The number of aryl methyl sites for hydroxylation is 1. The quantitative estimate of drug-likeness (QED) is 0.582. The van der Waals surface area contributed by atoms with E-state index in [0.717, 1.165) is 12.0 Å². The first-order valence-electron chi connectivity index (χ1n) is 9.54. The summed E-state index contributed by atoms with van der Waals surface area (Å²) in [4.78, 5) is 4.84. The summed E-state index contributed by atoms with van der Waals surface area (Å²) in [6, 6.07) is 4.85. The Bertz CT molecular complexity index is 789. The Morgan fingerprint density at radius 1 is 0.960 bits per heavy atom. The van der Waals surface area contributed by atoms with Gasteiger partial charge in [-0.2, -0.15) is 0 Å². The first-order chi connectivity index (χ1) is 11.5. The molecule has 0 bridgehead atoms. The Balaban J connectivity index is 2.10. The molecule has 134 valence electrons. The van der Waals surface area contributed by atoms with Crippen LogP contribution in [0.1, 0.15) is 83.1 Å². The minimum atomic E-state index is -0.229. The van der Waals surface area contributed by atoms with Gasteiger partial charge in [0.15, 0.2) is 0 Å². The number of hydrogen-bond donors (Lipinski definition) is 0. The van der Waals surface area contributed by atoms with Crippen LogP contribution in [-0.4, -0.2) is 11.8 Å². The second kappa shape index (κ2) is 5.69. The zero-order valence-corrected chi connectivity index (χ0v) is 17.1. The summed E-state index contributed by atoms with van der Waals surface area (Å²) < 4.78 is 0. The molecule has 1 aliphatic heterocycles. The van der Waals surface area contributed by atoms with Crippen LogP contribution in [0.15, 0.2) is 35.4 Å². The van der Waals surface area contributed by atoms with Crippen LogP contribution in [0.2, 0.25) is 0 Å². The highest BCUT2D eigenvalue weighted by atomic mass is 14.9. The number of hydrogen-bond acceptors (Lipinski definition) is 1. The van der Waals surface area contributed by atoms with Crippen molar-refractivity contribution in [2.45, 2.75) is 84.1 Å². The summed E-state index contributed by atoms with van der Waals surface area (Å²) >= 11 is 0. The van der Waals surface area contributed by atoms with Gasteiger partial charge in [-0.15, -0.1) is 0 Å². The fourth-order valence-electron chi connectivity index (χ4n) is 4.25. The molecular weight excluding hydrogens is 302 g/mol. The van der Waals surface area contributed by atoms with Gasteiger partial charge >= 0.3 is 0 Å². The monoisotopic (exact) mass is 335 g/mol. The summed E-state index contributed by atoms with van der Waals surface area (Å²) in [6.07, 6.45) is 7.69. The van der Waals surface area contributed by atoms with Gasteiger partial charge in [-0.25, -0.2) is 0 Å². The number of fused-ring (bicyclic) bond motifs is 1. The van der Waals surface area contributed by atoms with E-state index in [9.17, 15) is 0 Å². The van der Waals surface area contributed by atoms with Gasteiger partial charge in [-0.05, 0) is 84.3 Å². The van der Waals surface area contributed by atoms with E-state index in [-0.39, 0.29) is 16.4 Å². The lowest BCUT2D eigenvalue weighted by molar-refractivity contribution is 0.331. The third-order valence-corrected chi connectivity index (χ3v) is 6.55. The number of aliphatic imine (C=N–C) groups is 1. The zero-order valence-electron chi connectivity index (χ0n) is 17.1. The van der Waals surface area contributed by atoms with Crippen molar-refractivity contribution in [3.05, 3.63) is 52.6 Å². The summed E-state index contributed by atoms with van der Waals surface area (Å²) in [6.45, 7) is 20.6. The molecule has 1 heterocycles. The van der Waals surface area contributed by atoms with E-state index in [4.69, 9.17) is 4.99 Å². The number of benzene rings is 1. The van der Waals surface area contributed by atoms with Gasteiger partial charge in [0, 0.05) is 6.21 Å². The van der Waals surface area contributed by atoms with E-state index in [1.807, 2.05) is 6.21 Å². The molecule has 1 unspecified atom stereocenters. The molecule has 0 radical (unpaired) electrons. The molecule has 3 rings (SSSR count). The third kappa shape index (κ3) is 3.03. The summed E-state index contributed by atoms with van der Waals surface area (Å²) in [5.41, 5.74) is 8.28. The molecule has 1 aromatic carbocycles. The highest BCUT2D eigenvalue weighted by molar-refractivity contribution is 5.84. The van der Waals surface area contributed by atoms with Crippen LogP contribution in [0.3, 0.4) is 0 Å². The van der Waals surface area contributed by atoms with Crippen molar-refractivity contribution < 1.29 is 0 Å². The molecule has 1 atom stereocenters. The molecule has 0 amide bonds. The highest BCUT2D eigenvalue weighted by Crippen LogP contribution is 2.48. The molecule has 1 nitrogen and oxygen atoms in total. The number of allylic oxidation sites excluding steroid dienone is 1. The van der Waals surface area contributed by atoms with Gasteiger partial charge in [0.25, 0.3) is 0 Å². The van der Waals surface area contributed by atoms with Crippen molar-refractivity contribution in [2.24, 2.45) is 4.99 Å². The van der Waals surface area contributed by atoms with Gasteiger partial charge < -0.3 is 0 Å². The van der Waals surface area contributed by atoms with Crippen LogP contribution in [-0.2, 0) is 10.8 Å². The molecule has 0 saturated carbocycles. The largest absolute Gasteiger partial charge is 0.281 e. The second-order valence-electron chi connectivity index (χ2n) is 9.64. The number of rotatable bonds is 2. The van der Waals surface area contributed by atoms with E-state index >= 15 is 0 Å². The van der Waals surface area contributed by atoms with Crippen molar-refractivity contribution >= 4 is 11.8 Å². The molecular formula is C24H33N. The van der Waals surface area contributed by atoms with Gasteiger partial charge in [-0.3, -0.25) is 4.99 Å². The molecule has 0 spiro atoms. The van der Waals surface area contributed by atoms with Crippen molar-refractivity contribution in [1.29, 1.82) is 0 Å². The van der Waals surface area contributed by atoms with Crippen LogP contribution in [0.5, 0.6) is 0 Å². The average Bonchev–Trinajstić information content (AvgIpc) is 2.54. The topological polar surface area (TPSA) is 12.4 Å². The standard InChI is InChI=1S/C24H33N/c1-16-9-10-24(8,25-15-16)18(3)19-14-21-20(13-17(19)2)22(4,5)11-12-23(21,6)7/h9,13-15H,3,10-12H2,1-2,4-8H3. The van der Waals surface area contributed by atoms with Gasteiger partial charge in [0.1, 0.15) is 0 Å². The normalized spacial score (nSPS) is 26.8. The van der Waals surface area contributed by atoms with Crippen LogP contribution in [0, 0.1) is 6.92 Å². The maximum Gasteiger partial charge on any atom is 0.0863 e. The lowest BCUT2D eigenvalue weighted by atomic mass is 9.62. The Labute approximate surface area is 154 Å². The van der Waals surface area contributed by atoms with Gasteiger partial charge in [0.2, 0.25) is 0 Å². The van der Waals surface area contributed by atoms with Crippen molar-refractivity contribution in [3.63, 3.8) is 0 Å². The summed E-state index contributed by atoms with van der Waals surface area (Å²) in [7, 11) is 0. The second-order valence-corrected chi connectivity index (χ2v) is 9.64. The molecule has 0 aromatic heterocycles. The molecule has 25 heavy (non-hydrogen) atoms. The van der Waals surface area contributed by atoms with E-state index in [1.54, 1.807) is 0 Å². The Hall–Kier alpha value is -1.63. The number of dihydropyridines is 1. The van der Waals surface area contributed by atoms with E-state index < -0.39 is 0 Å². The lowest BCUT2D eigenvalue weighted by Gasteiger charge is -2.43. The minimum Gasteiger partial charge on any atom is -0.281 e. The Morgan fingerprint density at radius 3 is 2.04 bits per heavy atom. The van der Waals surface area contributed by atoms with E-state index in [1.165, 1.54) is 40.7 Å². The summed E-state index contributed by atoms with van der Waals surface area (Å²) in [5.74, 6) is 0. The minimum absolute atomic E-state index is 0.223. The third-order valence-electron chi connectivity index (χ3n) is 6.55. The number of nitrogens with zero attached hydrogens (tertiary/aromatic N) is 1. The first-order valence-corrected chi connectivity index (χ1v) is 9.54. The summed E-state index contributed by atoms with van der Waals surface area (Å²) in [5, 5.41) is 0. The Kier molecular flexibility index (Phi) is 4.14. The van der Waals surface area contributed by atoms with Gasteiger partial charge in [-0.1, -0.05) is 52.5 Å². The van der Waals surface area contributed by atoms with Crippen LogP contribution >= 0.6 is 0 Å². The molecule has 1 aliphatic carbocycles. The fraction of sp³-hybridized carbons (Fsp3) is 0.542. The molecule has 1 heteroatoms. The van der Waals surface area contributed by atoms with E-state index in [2.05, 4.69) is 73.3 Å². The molecule has 1 aromatic rings.